The molecular weight excluding hydrogens is 193 g/mol. The number of methoxy groups -OCH3 is 1. The molecule has 80 valence electrons. The number of hydrogen-bond acceptors (Lipinski definition) is 1. The predicted molar refractivity (Wildman–Crippen MR) is 49.0 cm³/mol. The van der Waals surface area contributed by atoms with Gasteiger partial charge in [-0.2, -0.15) is 0 Å². The number of benzene rings is 1. The maximum absolute atomic E-state index is 12.9. The van der Waals surface area contributed by atoms with Crippen LogP contribution in [0.1, 0.15) is 19.4 Å². The van der Waals surface area contributed by atoms with Crippen molar-refractivity contribution in [2.75, 3.05) is 7.11 Å². The lowest BCUT2D eigenvalue weighted by Crippen LogP contribution is -1.98. The second-order valence-electron chi connectivity index (χ2n) is 2.31. The lowest BCUT2D eigenvalue weighted by atomic mass is 10.2. The van der Waals surface area contributed by atoms with Gasteiger partial charge in [0, 0.05) is 11.6 Å². The number of halogens is 3. The summed E-state index contributed by atoms with van der Waals surface area (Å²) in [5.41, 5.74) is -0.242. The highest BCUT2D eigenvalue weighted by molar-refractivity contribution is 5.32. The van der Waals surface area contributed by atoms with Gasteiger partial charge in [-0.15, -0.1) is 0 Å². The zero-order chi connectivity index (χ0) is 11.3. The third kappa shape index (κ3) is 2.40. The quantitative estimate of drug-likeness (QED) is 0.683. The van der Waals surface area contributed by atoms with E-state index in [4.69, 9.17) is 0 Å². The lowest BCUT2D eigenvalue weighted by molar-refractivity contribution is 0.354. The van der Waals surface area contributed by atoms with Gasteiger partial charge in [-0.1, -0.05) is 13.8 Å². The molecule has 0 radical (unpaired) electrons. The molecule has 0 amide bonds. The molecule has 4 heteroatoms. The van der Waals surface area contributed by atoms with Crippen molar-refractivity contribution in [2.45, 2.75) is 20.8 Å². The molecule has 0 atom stereocenters. The second-order valence-corrected chi connectivity index (χ2v) is 2.31. The fraction of sp³-hybridized carbons (Fsp3) is 0.400. The van der Waals surface area contributed by atoms with Crippen molar-refractivity contribution in [1.29, 1.82) is 0 Å². The molecule has 0 heterocycles. The van der Waals surface area contributed by atoms with Crippen LogP contribution in [0.3, 0.4) is 0 Å². The van der Waals surface area contributed by atoms with Gasteiger partial charge in [0.05, 0.1) is 7.11 Å². The molecule has 0 aliphatic rings. The van der Waals surface area contributed by atoms with Gasteiger partial charge in [0.25, 0.3) is 0 Å². The zero-order valence-corrected chi connectivity index (χ0v) is 8.62. The molecule has 1 rings (SSSR count). The van der Waals surface area contributed by atoms with Crippen molar-refractivity contribution in [1.82, 2.24) is 0 Å². The van der Waals surface area contributed by atoms with E-state index in [2.05, 4.69) is 4.74 Å². The van der Waals surface area contributed by atoms with Crippen molar-refractivity contribution in [3.63, 3.8) is 0 Å². The molecule has 1 aromatic rings. The van der Waals surface area contributed by atoms with Crippen LogP contribution in [0, 0.1) is 24.4 Å². The van der Waals surface area contributed by atoms with Crippen LogP contribution in [0.4, 0.5) is 13.2 Å². The Morgan fingerprint density at radius 2 is 1.57 bits per heavy atom. The lowest BCUT2D eigenvalue weighted by Gasteiger charge is -2.05. The number of ether oxygens (including phenoxy) is 1. The Bertz CT molecular complexity index is 311. The zero-order valence-electron chi connectivity index (χ0n) is 8.62. The topological polar surface area (TPSA) is 9.23 Å². The van der Waals surface area contributed by atoms with Crippen molar-refractivity contribution in [3.05, 3.63) is 29.1 Å². The van der Waals surface area contributed by atoms with E-state index in [0.29, 0.717) is 6.07 Å². The highest BCUT2D eigenvalue weighted by atomic mass is 19.1. The van der Waals surface area contributed by atoms with Gasteiger partial charge >= 0.3 is 0 Å². The average molecular weight is 206 g/mol. The van der Waals surface area contributed by atoms with Crippen LogP contribution in [0.5, 0.6) is 5.75 Å². The maximum Gasteiger partial charge on any atom is 0.190 e. The van der Waals surface area contributed by atoms with Gasteiger partial charge in [0.1, 0.15) is 5.82 Å². The molecule has 0 aliphatic heterocycles. The van der Waals surface area contributed by atoms with E-state index < -0.39 is 23.2 Å². The Morgan fingerprint density at radius 3 is 2.00 bits per heavy atom. The Hall–Kier alpha value is -1.19. The molecule has 0 fully saturated rings. The summed E-state index contributed by atoms with van der Waals surface area (Å²) >= 11 is 0. The highest BCUT2D eigenvalue weighted by Gasteiger charge is 2.15. The van der Waals surface area contributed by atoms with E-state index in [9.17, 15) is 13.2 Å². The summed E-state index contributed by atoms with van der Waals surface area (Å²) in [4.78, 5) is 0. The Balaban J connectivity index is 0.000000791. The minimum atomic E-state index is -1.03. The van der Waals surface area contributed by atoms with Crippen LogP contribution in [-0.4, -0.2) is 7.11 Å². The summed E-state index contributed by atoms with van der Waals surface area (Å²) in [6.45, 7) is 5.21. The first-order chi connectivity index (χ1) is 6.57. The maximum atomic E-state index is 12.9. The normalized spacial score (nSPS) is 9.07. The molecule has 0 N–H and O–H groups in total. The minimum Gasteiger partial charge on any atom is -0.491 e. The fourth-order valence-electron chi connectivity index (χ4n) is 0.852. The van der Waals surface area contributed by atoms with E-state index in [1.165, 1.54) is 6.92 Å². The molecular formula is C10H13F3O. The van der Waals surface area contributed by atoms with Crippen LogP contribution < -0.4 is 4.74 Å². The van der Waals surface area contributed by atoms with E-state index in [1.54, 1.807) is 0 Å². The van der Waals surface area contributed by atoms with Gasteiger partial charge < -0.3 is 4.74 Å². The fourth-order valence-corrected chi connectivity index (χ4v) is 0.852. The van der Waals surface area contributed by atoms with Gasteiger partial charge in [-0.05, 0) is 6.92 Å². The molecule has 1 aromatic carbocycles. The molecule has 14 heavy (non-hydrogen) atoms. The molecule has 0 aliphatic carbocycles. The molecule has 0 unspecified atom stereocenters. The summed E-state index contributed by atoms with van der Waals surface area (Å²) in [5.74, 6) is -3.48. The summed E-state index contributed by atoms with van der Waals surface area (Å²) in [7, 11) is 1.12. The van der Waals surface area contributed by atoms with Crippen molar-refractivity contribution < 1.29 is 17.9 Å². The SMILES string of the molecule is CC.COc1c(F)cc(F)c(C)c1F. The number of rotatable bonds is 1. The van der Waals surface area contributed by atoms with Gasteiger partial charge in [-0.3, -0.25) is 0 Å². The first-order valence-electron chi connectivity index (χ1n) is 4.26. The summed E-state index contributed by atoms with van der Waals surface area (Å²) in [6, 6.07) is 0.594. The summed E-state index contributed by atoms with van der Waals surface area (Å²) < 4.78 is 42.6. The smallest absolute Gasteiger partial charge is 0.190 e. The van der Waals surface area contributed by atoms with E-state index in [-0.39, 0.29) is 5.56 Å². The largest absolute Gasteiger partial charge is 0.491 e. The van der Waals surface area contributed by atoms with Gasteiger partial charge in [0.15, 0.2) is 17.4 Å². The summed E-state index contributed by atoms with van der Waals surface area (Å²) in [6.07, 6.45) is 0. The molecule has 0 saturated carbocycles. The van der Waals surface area contributed by atoms with Crippen LogP contribution >= 0.6 is 0 Å². The van der Waals surface area contributed by atoms with Gasteiger partial charge in [-0.25, -0.2) is 13.2 Å². The highest BCUT2D eigenvalue weighted by Crippen LogP contribution is 2.25. The van der Waals surface area contributed by atoms with Crippen molar-refractivity contribution >= 4 is 0 Å². The number of hydrogen-bond donors (Lipinski definition) is 0. The Kier molecular flexibility index (Phi) is 5.05. The van der Waals surface area contributed by atoms with Gasteiger partial charge in [0.2, 0.25) is 0 Å². The third-order valence-electron chi connectivity index (χ3n) is 1.56. The van der Waals surface area contributed by atoms with Crippen LogP contribution in [-0.2, 0) is 0 Å². The minimum absolute atomic E-state index is 0.242. The second kappa shape index (κ2) is 5.52. The van der Waals surface area contributed by atoms with E-state index >= 15 is 0 Å². The van der Waals surface area contributed by atoms with E-state index in [1.807, 2.05) is 13.8 Å². The van der Waals surface area contributed by atoms with E-state index in [0.717, 1.165) is 7.11 Å². The summed E-state index contributed by atoms with van der Waals surface area (Å²) in [5, 5.41) is 0. The molecule has 1 nitrogen and oxygen atoms in total. The molecule has 0 saturated heterocycles. The third-order valence-corrected chi connectivity index (χ3v) is 1.56. The first-order valence-corrected chi connectivity index (χ1v) is 4.26. The Labute approximate surface area is 81.5 Å². The Morgan fingerprint density at radius 1 is 1.07 bits per heavy atom. The molecule has 0 aromatic heterocycles. The first kappa shape index (κ1) is 12.8. The molecule has 0 bridgehead atoms. The monoisotopic (exact) mass is 206 g/mol. The van der Waals surface area contributed by atoms with Crippen LogP contribution in [0.2, 0.25) is 0 Å². The standard InChI is InChI=1S/C8H7F3O.C2H6/c1-4-5(9)3-6(10)8(12-2)7(4)11;1-2/h3H,1-2H3;1-2H3. The average Bonchev–Trinajstić information content (AvgIpc) is 2.18. The predicted octanol–water partition coefficient (Wildman–Crippen LogP) is 3.45. The molecule has 0 spiro atoms. The van der Waals surface area contributed by atoms with Crippen molar-refractivity contribution in [3.8, 4) is 5.75 Å². The van der Waals surface area contributed by atoms with Crippen LogP contribution in [0.25, 0.3) is 0 Å². The van der Waals surface area contributed by atoms with Crippen LogP contribution in [0.15, 0.2) is 6.07 Å². The van der Waals surface area contributed by atoms with Crippen molar-refractivity contribution in [2.24, 2.45) is 0 Å².